The molecule has 0 bridgehead atoms. The summed E-state index contributed by atoms with van der Waals surface area (Å²) in [7, 11) is 1.99. The average Bonchev–Trinajstić information content (AvgIpc) is 3.19. The normalized spacial score (nSPS) is 19.5. The molecule has 1 aliphatic heterocycles. The number of aromatic nitrogens is 2. The lowest BCUT2D eigenvalue weighted by Crippen LogP contribution is -2.50. The van der Waals surface area contributed by atoms with Gasteiger partial charge in [-0.25, -0.2) is 4.98 Å². The fourth-order valence-corrected chi connectivity index (χ4v) is 3.70. The van der Waals surface area contributed by atoms with Gasteiger partial charge in [-0.15, -0.1) is 23.7 Å². The maximum Gasteiger partial charge on any atom is 0.234 e. The van der Waals surface area contributed by atoms with Gasteiger partial charge in [-0.05, 0) is 18.4 Å². The summed E-state index contributed by atoms with van der Waals surface area (Å²) in [5.41, 5.74) is 0. The van der Waals surface area contributed by atoms with Crippen molar-refractivity contribution in [3.63, 3.8) is 0 Å². The molecule has 2 unspecified atom stereocenters. The molecule has 1 amide bonds. The Morgan fingerprint density at radius 3 is 3.08 bits per heavy atom. The van der Waals surface area contributed by atoms with E-state index in [-0.39, 0.29) is 30.4 Å². The van der Waals surface area contributed by atoms with Crippen LogP contribution in [0.4, 0.5) is 0 Å². The minimum absolute atomic E-state index is 0. The van der Waals surface area contributed by atoms with Gasteiger partial charge in [0.15, 0.2) is 0 Å². The Bertz CT molecular complexity index is 645. The van der Waals surface area contributed by atoms with Crippen LogP contribution in [0.2, 0.25) is 0 Å². The monoisotopic (exact) mass is 369 g/mol. The van der Waals surface area contributed by atoms with E-state index in [4.69, 9.17) is 0 Å². The number of imidazole rings is 1. The second kappa shape index (κ2) is 8.62. The summed E-state index contributed by atoms with van der Waals surface area (Å²) in [6.07, 6.45) is 3.75. The van der Waals surface area contributed by atoms with Gasteiger partial charge in [0, 0.05) is 44.0 Å². The molecule has 2 atom stereocenters. The third kappa shape index (κ3) is 4.36. The number of aryl methyl sites for hydroxylation is 1. The van der Waals surface area contributed by atoms with E-state index in [1.54, 1.807) is 17.5 Å². The summed E-state index contributed by atoms with van der Waals surface area (Å²) in [5, 5.41) is 8.52. The predicted octanol–water partition coefficient (Wildman–Crippen LogP) is 1.73. The van der Waals surface area contributed by atoms with Crippen LogP contribution in [-0.4, -0.2) is 46.5 Å². The lowest BCUT2D eigenvalue weighted by atomic mass is 10.1. The van der Waals surface area contributed by atoms with Crippen molar-refractivity contribution in [3.05, 3.63) is 40.6 Å². The Balaban J connectivity index is 0.00000208. The number of halogens is 1. The summed E-state index contributed by atoms with van der Waals surface area (Å²) in [4.78, 5) is 20.3. The maximum atomic E-state index is 12.4. The van der Waals surface area contributed by atoms with E-state index in [1.807, 2.05) is 36.2 Å². The highest BCUT2D eigenvalue weighted by Crippen LogP contribution is 2.21. The van der Waals surface area contributed by atoms with Crippen LogP contribution in [0.1, 0.15) is 29.7 Å². The third-order valence-corrected chi connectivity index (χ3v) is 5.26. The minimum atomic E-state index is 0. The lowest BCUT2D eigenvalue weighted by molar-refractivity contribution is -0.123. The van der Waals surface area contributed by atoms with Crippen molar-refractivity contribution >= 4 is 29.7 Å². The van der Waals surface area contributed by atoms with Crippen LogP contribution < -0.4 is 10.6 Å². The van der Waals surface area contributed by atoms with Crippen molar-refractivity contribution in [2.45, 2.75) is 19.0 Å². The van der Waals surface area contributed by atoms with Crippen molar-refractivity contribution in [2.75, 3.05) is 26.2 Å². The zero-order valence-electron chi connectivity index (χ0n) is 13.9. The van der Waals surface area contributed by atoms with Crippen LogP contribution in [0, 0.1) is 0 Å². The van der Waals surface area contributed by atoms with Gasteiger partial charge < -0.3 is 15.2 Å². The van der Waals surface area contributed by atoms with E-state index in [0.29, 0.717) is 6.54 Å². The standard InChI is InChI=1S/C16H23N5OS.ClH/c1-12(14-4-3-9-23-14)19-15(22)11-21-8-5-17-10-13(21)16-18-6-7-20(16)2;/h3-4,6-7,9,12-13,17H,5,8,10-11H2,1-2H3,(H,19,22);1H. The molecule has 0 radical (unpaired) electrons. The molecule has 3 heterocycles. The molecule has 3 rings (SSSR count). The Labute approximate surface area is 152 Å². The van der Waals surface area contributed by atoms with Crippen molar-refractivity contribution < 1.29 is 4.79 Å². The fourth-order valence-electron chi connectivity index (χ4n) is 2.97. The van der Waals surface area contributed by atoms with E-state index >= 15 is 0 Å². The van der Waals surface area contributed by atoms with Crippen LogP contribution in [0.25, 0.3) is 0 Å². The molecule has 2 aromatic heterocycles. The molecule has 0 saturated carbocycles. The Hall–Kier alpha value is -1.41. The molecule has 0 aromatic carbocycles. The number of amides is 1. The van der Waals surface area contributed by atoms with Gasteiger partial charge in [-0.3, -0.25) is 9.69 Å². The van der Waals surface area contributed by atoms with E-state index in [0.717, 1.165) is 25.5 Å². The highest BCUT2D eigenvalue weighted by molar-refractivity contribution is 7.10. The quantitative estimate of drug-likeness (QED) is 0.842. The molecule has 2 N–H and O–H groups in total. The van der Waals surface area contributed by atoms with Gasteiger partial charge in [0.1, 0.15) is 5.82 Å². The molecule has 6 nitrogen and oxygen atoms in total. The second-order valence-electron chi connectivity index (χ2n) is 5.89. The SMILES string of the molecule is CC(NC(=O)CN1CCNCC1c1nccn1C)c1cccs1.Cl. The van der Waals surface area contributed by atoms with Gasteiger partial charge in [0.05, 0.1) is 18.6 Å². The maximum absolute atomic E-state index is 12.4. The third-order valence-electron chi connectivity index (χ3n) is 4.20. The van der Waals surface area contributed by atoms with E-state index in [2.05, 4.69) is 26.6 Å². The zero-order chi connectivity index (χ0) is 16.2. The number of hydrogen-bond donors (Lipinski definition) is 2. The average molecular weight is 370 g/mol. The Kier molecular flexibility index (Phi) is 6.79. The van der Waals surface area contributed by atoms with Gasteiger partial charge in [-0.1, -0.05) is 6.07 Å². The van der Waals surface area contributed by atoms with Crippen LogP contribution in [0.3, 0.4) is 0 Å². The van der Waals surface area contributed by atoms with Crippen LogP contribution in [0.15, 0.2) is 29.9 Å². The molecule has 8 heteroatoms. The van der Waals surface area contributed by atoms with Gasteiger partial charge >= 0.3 is 0 Å². The largest absolute Gasteiger partial charge is 0.348 e. The van der Waals surface area contributed by atoms with Gasteiger partial charge in [-0.2, -0.15) is 0 Å². The first-order valence-electron chi connectivity index (χ1n) is 7.90. The first kappa shape index (κ1) is 18.9. The minimum Gasteiger partial charge on any atom is -0.348 e. The summed E-state index contributed by atoms with van der Waals surface area (Å²) >= 11 is 1.67. The Morgan fingerprint density at radius 2 is 2.42 bits per heavy atom. The van der Waals surface area contributed by atoms with E-state index in [1.165, 1.54) is 4.88 Å². The van der Waals surface area contributed by atoms with Gasteiger partial charge in [0.25, 0.3) is 0 Å². The van der Waals surface area contributed by atoms with Crippen LogP contribution in [-0.2, 0) is 11.8 Å². The first-order chi connectivity index (χ1) is 11.1. The summed E-state index contributed by atoms with van der Waals surface area (Å²) < 4.78 is 2.02. The van der Waals surface area contributed by atoms with Crippen molar-refractivity contribution in [1.82, 2.24) is 25.1 Å². The number of piperazine rings is 1. The summed E-state index contributed by atoms with van der Waals surface area (Å²) in [5.74, 6) is 1.06. The van der Waals surface area contributed by atoms with E-state index in [9.17, 15) is 4.79 Å². The van der Waals surface area contributed by atoms with Crippen LogP contribution >= 0.6 is 23.7 Å². The zero-order valence-corrected chi connectivity index (χ0v) is 15.6. The molecule has 0 spiro atoms. The Morgan fingerprint density at radius 1 is 1.58 bits per heavy atom. The molecule has 132 valence electrons. The molecule has 0 aliphatic carbocycles. The number of carbonyl (C=O) groups excluding carboxylic acids is 1. The molecular formula is C16H24ClN5OS. The molecule has 2 aromatic rings. The molecule has 1 fully saturated rings. The lowest BCUT2D eigenvalue weighted by Gasteiger charge is -2.35. The number of nitrogens with zero attached hydrogens (tertiary/aromatic N) is 3. The predicted molar refractivity (Wildman–Crippen MR) is 98.5 cm³/mol. The topological polar surface area (TPSA) is 62.2 Å². The molecule has 1 saturated heterocycles. The summed E-state index contributed by atoms with van der Waals surface area (Å²) in [6, 6.07) is 4.25. The van der Waals surface area contributed by atoms with Gasteiger partial charge in [0.2, 0.25) is 5.91 Å². The smallest absolute Gasteiger partial charge is 0.234 e. The fraction of sp³-hybridized carbons (Fsp3) is 0.500. The number of nitrogens with one attached hydrogen (secondary N) is 2. The van der Waals surface area contributed by atoms with Crippen molar-refractivity contribution in [3.8, 4) is 0 Å². The second-order valence-corrected chi connectivity index (χ2v) is 6.87. The number of thiophene rings is 1. The van der Waals surface area contributed by atoms with Crippen molar-refractivity contribution in [1.29, 1.82) is 0 Å². The highest BCUT2D eigenvalue weighted by Gasteiger charge is 2.28. The summed E-state index contributed by atoms with van der Waals surface area (Å²) in [6.45, 7) is 4.98. The van der Waals surface area contributed by atoms with Crippen LogP contribution in [0.5, 0.6) is 0 Å². The number of hydrogen-bond acceptors (Lipinski definition) is 5. The number of rotatable bonds is 5. The molecule has 1 aliphatic rings. The number of carbonyl (C=O) groups is 1. The van der Waals surface area contributed by atoms with Crippen molar-refractivity contribution in [2.24, 2.45) is 7.05 Å². The van der Waals surface area contributed by atoms with E-state index < -0.39 is 0 Å². The first-order valence-corrected chi connectivity index (χ1v) is 8.78. The molecular weight excluding hydrogens is 346 g/mol. The molecule has 24 heavy (non-hydrogen) atoms. The highest BCUT2D eigenvalue weighted by atomic mass is 35.5.